The minimum absolute atomic E-state index is 0.0212. The molecule has 11 atom stereocenters. The number of allylic oxidation sites excluding steroid dienone is 14. The Hall–Kier alpha value is -2.83. The summed E-state index contributed by atoms with van der Waals surface area (Å²) in [5, 5.41) is 71.9. The minimum atomic E-state index is -1.72. The predicted octanol–water partition coefficient (Wildman–Crippen LogP) is 6.12. The van der Waals surface area contributed by atoms with E-state index >= 15 is 0 Å². The van der Waals surface area contributed by atoms with Gasteiger partial charge in [0.1, 0.15) is 54.9 Å². The van der Waals surface area contributed by atoms with Gasteiger partial charge in [0, 0.05) is 13.0 Å². The summed E-state index contributed by atoms with van der Waals surface area (Å²) in [4.78, 5) is 12.9. The fraction of sp³-hybridized carbons (Fsp3) is 0.700. The Morgan fingerprint density at radius 1 is 0.531 bits per heavy atom. The monoisotopic (exact) mass is 907 g/mol. The predicted molar refractivity (Wildman–Crippen MR) is 247 cm³/mol. The number of ether oxygens (including phenoxy) is 6. The molecule has 0 saturated carbocycles. The topological polar surface area (TPSA) is 214 Å². The normalized spacial score (nSPS) is 27.5. The van der Waals surface area contributed by atoms with Gasteiger partial charge in [0.2, 0.25) is 0 Å². The first-order valence-electron chi connectivity index (χ1n) is 23.7. The molecule has 366 valence electrons. The van der Waals surface area contributed by atoms with Gasteiger partial charge >= 0.3 is 5.97 Å². The zero-order valence-electron chi connectivity index (χ0n) is 38.5. The number of aliphatic hydroxyl groups excluding tert-OH is 7. The van der Waals surface area contributed by atoms with Crippen molar-refractivity contribution in [1.29, 1.82) is 0 Å². The van der Waals surface area contributed by atoms with Gasteiger partial charge in [0.25, 0.3) is 0 Å². The van der Waals surface area contributed by atoms with Crippen LogP contribution < -0.4 is 0 Å². The lowest BCUT2D eigenvalue weighted by molar-refractivity contribution is -0.332. The molecule has 0 spiro atoms. The summed E-state index contributed by atoms with van der Waals surface area (Å²) >= 11 is 0. The summed E-state index contributed by atoms with van der Waals surface area (Å²) in [7, 11) is 0. The molecule has 14 heteroatoms. The Bertz CT molecular complexity index is 1380. The maximum Gasteiger partial charge on any atom is 0.306 e. The molecule has 11 unspecified atom stereocenters. The standard InChI is InChI=1S/C50H82O14/c1-3-5-7-9-11-13-15-16-17-18-19-20-21-22-23-25-27-29-31-33-42(52)62-39(36-59-34-32-30-28-26-24-14-12-10-8-6-4-2)37-60-49-48(58)46(56)44(54)41(64-49)38-61-50-47(57)45(55)43(53)40(35-51)63-50/h5,7-8,10-11,13,16-17,19-20,22-23,27,29,39-41,43-51,53-58H,3-4,6,9,12,14-15,18,21,24-26,28,30-38H2,1-2H3/b7-5-,10-8-,13-11-,17-16-,20-19-,23-22-,29-27-. The second-order valence-electron chi connectivity index (χ2n) is 16.2. The van der Waals surface area contributed by atoms with E-state index in [1.54, 1.807) is 0 Å². The maximum atomic E-state index is 12.9. The van der Waals surface area contributed by atoms with Gasteiger partial charge in [-0.1, -0.05) is 131 Å². The summed E-state index contributed by atoms with van der Waals surface area (Å²) in [6, 6.07) is 0. The number of hydrogen-bond acceptors (Lipinski definition) is 14. The Labute approximate surface area is 382 Å². The molecule has 0 radical (unpaired) electrons. The van der Waals surface area contributed by atoms with E-state index in [0.29, 0.717) is 13.0 Å². The number of aliphatic hydroxyl groups is 7. The highest BCUT2D eigenvalue weighted by Gasteiger charge is 2.47. The van der Waals surface area contributed by atoms with Crippen molar-refractivity contribution in [1.82, 2.24) is 0 Å². The van der Waals surface area contributed by atoms with Crippen LogP contribution in [0.2, 0.25) is 0 Å². The molecule has 0 aromatic heterocycles. The molecule has 2 rings (SSSR count). The number of carbonyl (C=O) groups excluding carboxylic acids is 1. The van der Waals surface area contributed by atoms with Gasteiger partial charge < -0.3 is 64.2 Å². The third-order valence-electron chi connectivity index (χ3n) is 10.6. The van der Waals surface area contributed by atoms with Crippen LogP contribution in [0.3, 0.4) is 0 Å². The summed E-state index contributed by atoms with van der Waals surface area (Å²) < 4.78 is 34.0. The quantitative estimate of drug-likeness (QED) is 0.0217. The summed E-state index contributed by atoms with van der Waals surface area (Å²) in [5.74, 6) is -0.465. The van der Waals surface area contributed by atoms with Gasteiger partial charge in [-0.05, 0) is 70.6 Å². The van der Waals surface area contributed by atoms with Crippen LogP contribution >= 0.6 is 0 Å². The molecule has 2 saturated heterocycles. The first-order valence-corrected chi connectivity index (χ1v) is 23.7. The second-order valence-corrected chi connectivity index (χ2v) is 16.2. The van der Waals surface area contributed by atoms with Gasteiger partial charge in [0.15, 0.2) is 12.6 Å². The van der Waals surface area contributed by atoms with Gasteiger partial charge in [0.05, 0.1) is 26.4 Å². The van der Waals surface area contributed by atoms with Gasteiger partial charge in [-0.3, -0.25) is 4.79 Å². The first-order chi connectivity index (χ1) is 31.1. The smallest absolute Gasteiger partial charge is 0.306 e. The van der Waals surface area contributed by atoms with Crippen LogP contribution in [0.25, 0.3) is 0 Å². The van der Waals surface area contributed by atoms with E-state index in [2.05, 4.69) is 86.8 Å². The van der Waals surface area contributed by atoms with Crippen molar-refractivity contribution in [3.05, 3.63) is 85.1 Å². The average Bonchev–Trinajstić information content (AvgIpc) is 3.29. The Kier molecular flexibility index (Phi) is 33.4. The number of hydrogen-bond donors (Lipinski definition) is 7. The average molecular weight is 907 g/mol. The van der Waals surface area contributed by atoms with Gasteiger partial charge in [-0.25, -0.2) is 0 Å². The van der Waals surface area contributed by atoms with Crippen molar-refractivity contribution in [2.45, 2.75) is 191 Å². The zero-order valence-corrected chi connectivity index (χ0v) is 38.5. The molecule has 7 N–H and O–H groups in total. The Morgan fingerprint density at radius 3 is 1.59 bits per heavy atom. The van der Waals surface area contributed by atoms with Crippen molar-refractivity contribution in [3.63, 3.8) is 0 Å². The van der Waals surface area contributed by atoms with Gasteiger partial charge in [-0.2, -0.15) is 0 Å². The third-order valence-corrected chi connectivity index (χ3v) is 10.6. The Balaban J connectivity index is 1.83. The van der Waals surface area contributed by atoms with Crippen LogP contribution in [0, 0.1) is 0 Å². The molecule has 2 aliphatic rings. The molecule has 0 bridgehead atoms. The van der Waals surface area contributed by atoms with E-state index in [1.165, 1.54) is 19.3 Å². The fourth-order valence-electron chi connectivity index (χ4n) is 6.78. The molecule has 2 aliphatic heterocycles. The van der Waals surface area contributed by atoms with Crippen molar-refractivity contribution in [3.8, 4) is 0 Å². The molecule has 0 aromatic rings. The number of carbonyl (C=O) groups is 1. The third kappa shape index (κ3) is 25.2. The highest BCUT2D eigenvalue weighted by atomic mass is 16.7. The molecule has 0 aromatic carbocycles. The van der Waals surface area contributed by atoms with Gasteiger partial charge in [-0.15, -0.1) is 0 Å². The number of esters is 1. The zero-order chi connectivity index (χ0) is 46.6. The lowest BCUT2D eigenvalue weighted by atomic mass is 9.98. The number of unbranched alkanes of at least 4 members (excludes halogenated alkanes) is 7. The van der Waals surface area contributed by atoms with Crippen molar-refractivity contribution in [2.24, 2.45) is 0 Å². The van der Waals surface area contributed by atoms with E-state index in [1.807, 2.05) is 12.2 Å². The van der Waals surface area contributed by atoms with Crippen LogP contribution in [0.5, 0.6) is 0 Å². The van der Waals surface area contributed by atoms with E-state index in [-0.39, 0.29) is 19.6 Å². The first kappa shape index (κ1) is 57.3. The highest BCUT2D eigenvalue weighted by molar-refractivity contribution is 5.69. The van der Waals surface area contributed by atoms with Crippen LogP contribution in [0.15, 0.2) is 85.1 Å². The highest BCUT2D eigenvalue weighted by Crippen LogP contribution is 2.26. The largest absolute Gasteiger partial charge is 0.457 e. The fourth-order valence-corrected chi connectivity index (χ4v) is 6.78. The number of rotatable bonds is 35. The van der Waals surface area contributed by atoms with Crippen LogP contribution in [-0.2, 0) is 33.2 Å². The van der Waals surface area contributed by atoms with Crippen LogP contribution in [0.1, 0.15) is 123 Å². The molecule has 14 nitrogen and oxygen atoms in total. The molecule has 2 fully saturated rings. The minimum Gasteiger partial charge on any atom is -0.457 e. The SMILES string of the molecule is CC/C=C\C/C=C\C/C=C\C/C=C\C/C=C\C/C=C\CCC(=O)OC(COCCCCCCCC/C=C\CCC)COC1OC(COC2OC(CO)C(O)C(O)C2O)C(O)C(O)C1O. The van der Waals surface area contributed by atoms with Crippen molar-refractivity contribution < 1.29 is 69.0 Å². The summed E-state index contributed by atoms with van der Waals surface area (Å²) in [5.41, 5.74) is 0. The molecule has 64 heavy (non-hydrogen) atoms. The molecular formula is C50H82O14. The summed E-state index contributed by atoms with van der Waals surface area (Å²) in [6.07, 6.45) is 29.5. The Morgan fingerprint density at radius 2 is 1.02 bits per heavy atom. The molecule has 0 amide bonds. The van der Waals surface area contributed by atoms with Crippen LogP contribution in [-0.4, -0.2) is 142 Å². The lowest BCUT2D eigenvalue weighted by Crippen LogP contribution is -2.61. The van der Waals surface area contributed by atoms with E-state index in [0.717, 1.165) is 77.0 Å². The molecular weight excluding hydrogens is 825 g/mol. The molecule has 0 aliphatic carbocycles. The molecule has 2 heterocycles. The second kappa shape index (κ2) is 37.3. The van der Waals surface area contributed by atoms with Crippen molar-refractivity contribution >= 4 is 5.97 Å². The van der Waals surface area contributed by atoms with Crippen LogP contribution in [0.4, 0.5) is 0 Å². The van der Waals surface area contributed by atoms with E-state index in [4.69, 9.17) is 28.4 Å². The maximum absolute atomic E-state index is 12.9. The lowest BCUT2D eigenvalue weighted by Gasteiger charge is -2.42. The van der Waals surface area contributed by atoms with Crippen molar-refractivity contribution in [2.75, 3.05) is 33.0 Å². The summed E-state index contributed by atoms with van der Waals surface area (Å²) in [6.45, 7) is 3.36. The van der Waals surface area contributed by atoms with E-state index < -0.39 is 86.7 Å². The van der Waals surface area contributed by atoms with E-state index in [9.17, 15) is 40.5 Å².